The van der Waals surface area contributed by atoms with Gasteiger partial charge in [0, 0.05) is 31.2 Å². The number of halogens is 2. The first-order valence-corrected chi connectivity index (χ1v) is 9.48. The molecule has 1 aromatic carbocycles. The molecule has 0 saturated carbocycles. The number of aromatic nitrogens is 2. The van der Waals surface area contributed by atoms with Crippen LogP contribution in [-0.2, 0) is 9.84 Å². The van der Waals surface area contributed by atoms with Crippen molar-refractivity contribution in [3.05, 3.63) is 42.5 Å². The van der Waals surface area contributed by atoms with Crippen LogP contribution in [0, 0.1) is 5.92 Å². The van der Waals surface area contributed by atoms with Gasteiger partial charge in [-0.15, -0.1) is 0 Å². The van der Waals surface area contributed by atoms with Crippen LogP contribution in [-0.4, -0.2) is 42.3 Å². The van der Waals surface area contributed by atoms with Crippen LogP contribution < -0.4 is 4.90 Å². The predicted octanol–water partition coefficient (Wildman–Crippen LogP) is 2.36. The standard InChI is InChI=1S/C16H19F2N3O3S/c17-16(18)25(23,24)13-3-1-12(2-4-13)21-9-5-11(6-10-21)14(22)15-19-7-8-20-15/h1-4,7-8,11,14,16,22H,5-6,9-10H2,(H,19,20). The van der Waals surface area contributed by atoms with Crippen molar-refractivity contribution in [3.8, 4) is 0 Å². The zero-order valence-electron chi connectivity index (χ0n) is 13.3. The quantitative estimate of drug-likeness (QED) is 0.843. The molecule has 9 heteroatoms. The summed E-state index contributed by atoms with van der Waals surface area (Å²) in [7, 11) is -4.56. The normalized spacial score (nSPS) is 17.8. The molecule has 1 fully saturated rings. The third kappa shape index (κ3) is 3.67. The minimum Gasteiger partial charge on any atom is -0.385 e. The Bertz CT molecular complexity index is 787. The number of H-pyrrole nitrogens is 1. The van der Waals surface area contributed by atoms with Crippen molar-refractivity contribution in [1.29, 1.82) is 0 Å². The van der Waals surface area contributed by atoms with Gasteiger partial charge < -0.3 is 15.0 Å². The van der Waals surface area contributed by atoms with E-state index in [-0.39, 0.29) is 10.8 Å². The zero-order valence-corrected chi connectivity index (χ0v) is 14.2. The van der Waals surface area contributed by atoms with Crippen LogP contribution in [0.3, 0.4) is 0 Å². The molecule has 136 valence electrons. The third-order valence-electron chi connectivity index (χ3n) is 4.55. The van der Waals surface area contributed by atoms with E-state index in [4.69, 9.17) is 0 Å². The fraction of sp³-hybridized carbons (Fsp3) is 0.438. The van der Waals surface area contributed by atoms with Crippen molar-refractivity contribution < 1.29 is 22.3 Å². The lowest BCUT2D eigenvalue weighted by atomic mass is 9.90. The van der Waals surface area contributed by atoms with E-state index in [1.807, 2.05) is 4.90 Å². The molecule has 0 aliphatic carbocycles. The number of alkyl halides is 2. The molecule has 1 unspecified atom stereocenters. The van der Waals surface area contributed by atoms with E-state index >= 15 is 0 Å². The molecule has 0 bridgehead atoms. The zero-order chi connectivity index (χ0) is 18.0. The average molecular weight is 371 g/mol. The molecule has 1 atom stereocenters. The number of nitrogens with zero attached hydrogens (tertiary/aromatic N) is 2. The summed E-state index contributed by atoms with van der Waals surface area (Å²) in [5.74, 6) is -2.78. The maximum atomic E-state index is 12.6. The Morgan fingerprint density at radius 3 is 2.36 bits per heavy atom. The largest absolute Gasteiger partial charge is 0.385 e. The summed E-state index contributed by atoms with van der Waals surface area (Å²) in [6.45, 7) is 1.37. The van der Waals surface area contributed by atoms with Crippen LogP contribution in [0.4, 0.5) is 14.5 Å². The van der Waals surface area contributed by atoms with Crippen LogP contribution >= 0.6 is 0 Å². The summed E-state index contributed by atoms with van der Waals surface area (Å²) in [5, 5.41) is 10.3. The van der Waals surface area contributed by atoms with E-state index in [2.05, 4.69) is 9.97 Å². The molecule has 2 heterocycles. The van der Waals surface area contributed by atoms with E-state index in [1.54, 1.807) is 24.5 Å². The summed E-state index contributed by atoms with van der Waals surface area (Å²) in [5.41, 5.74) is 0.777. The lowest BCUT2D eigenvalue weighted by Gasteiger charge is -2.35. The van der Waals surface area contributed by atoms with E-state index in [0.717, 1.165) is 18.5 Å². The summed E-state index contributed by atoms with van der Waals surface area (Å²) in [6, 6.07) is 5.50. The number of hydrogen-bond donors (Lipinski definition) is 2. The molecular formula is C16H19F2N3O3S. The van der Waals surface area contributed by atoms with E-state index in [9.17, 15) is 22.3 Å². The Balaban J connectivity index is 1.63. The highest BCUT2D eigenvalue weighted by atomic mass is 32.2. The molecule has 2 N–H and O–H groups in total. The maximum Gasteiger partial charge on any atom is 0.341 e. The van der Waals surface area contributed by atoms with Crippen molar-refractivity contribution in [3.63, 3.8) is 0 Å². The highest BCUT2D eigenvalue weighted by Gasteiger charge is 2.29. The number of aliphatic hydroxyl groups excluding tert-OH is 1. The van der Waals surface area contributed by atoms with E-state index < -0.39 is 21.7 Å². The molecule has 25 heavy (non-hydrogen) atoms. The van der Waals surface area contributed by atoms with Crippen LogP contribution in [0.25, 0.3) is 0 Å². The second-order valence-electron chi connectivity index (χ2n) is 6.04. The van der Waals surface area contributed by atoms with Crippen LogP contribution in [0.2, 0.25) is 0 Å². The van der Waals surface area contributed by atoms with Crippen LogP contribution in [0.1, 0.15) is 24.8 Å². The Hall–Kier alpha value is -2.00. The van der Waals surface area contributed by atoms with Gasteiger partial charge in [0.2, 0.25) is 9.84 Å². The summed E-state index contributed by atoms with van der Waals surface area (Å²) >= 11 is 0. The highest BCUT2D eigenvalue weighted by molar-refractivity contribution is 7.91. The Morgan fingerprint density at radius 1 is 1.20 bits per heavy atom. The molecule has 0 spiro atoms. The number of anilines is 1. The number of sulfone groups is 1. The van der Waals surface area contributed by atoms with Gasteiger partial charge in [-0.05, 0) is 43.0 Å². The van der Waals surface area contributed by atoms with Crippen LogP contribution in [0.15, 0.2) is 41.6 Å². The summed E-state index contributed by atoms with van der Waals surface area (Å²) < 4.78 is 48.0. The first-order valence-electron chi connectivity index (χ1n) is 7.94. The number of piperidine rings is 1. The summed E-state index contributed by atoms with van der Waals surface area (Å²) in [4.78, 5) is 8.66. The fourth-order valence-electron chi connectivity index (χ4n) is 3.09. The van der Waals surface area contributed by atoms with E-state index in [1.165, 1.54) is 12.1 Å². The second-order valence-corrected chi connectivity index (χ2v) is 7.96. The number of hydrogen-bond acceptors (Lipinski definition) is 5. The monoisotopic (exact) mass is 371 g/mol. The number of nitrogens with one attached hydrogen (secondary N) is 1. The minimum absolute atomic E-state index is 0.0842. The first kappa shape index (κ1) is 17.8. The number of imidazole rings is 1. The minimum atomic E-state index is -4.56. The van der Waals surface area contributed by atoms with Gasteiger partial charge in [-0.3, -0.25) is 0 Å². The molecule has 2 aromatic rings. The second kappa shape index (κ2) is 7.09. The van der Waals surface area contributed by atoms with Gasteiger partial charge in [0.25, 0.3) is 0 Å². The number of aromatic amines is 1. The van der Waals surface area contributed by atoms with Gasteiger partial charge in [0.05, 0.1) is 4.90 Å². The topological polar surface area (TPSA) is 86.3 Å². The highest BCUT2D eigenvalue weighted by Crippen LogP contribution is 2.31. The van der Waals surface area contributed by atoms with Gasteiger partial charge in [-0.2, -0.15) is 8.78 Å². The lowest BCUT2D eigenvalue weighted by Crippen LogP contribution is -2.35. The first-order chi connectivity index (χ1) is 11.9. The Morgan fingerprint density at radius 2 is 1.84 bits per heavy atom. The SMILES string of the molecule is O=S(=O)(c1ccc(N2CCC(C(O)c3ncc[nH]3)CC2)cc1)C(F)F. The van der Waals surface area contributed by atoms with Crippen molar-refractivity contribution in [2.45, 2.75) is 29.6 Å². The molecular weight excluding hydrogens is 352 g/mol. The van der Waals surface area contributed by atoms with Gasteiger partial charge >= 0.3 is 5.76 Å². The maximum absolute atomic E-state index is 12.6. The van der Waals surface area contributed by atoms with Gasteiger partial charge in [0.1, 0.15) is 11.9 Å². The van der Waals surface area contributed by atoms with Crippen molar-refractivity contribution >= 4 is 15.5 Å². The van der Waals surface area contributed by atoms with Crippen LogP contribution in [0.5, 0.6) is 0 Å². The van der Waals surface area contributed by atoms with Crippen molar-refractivity contribution in [2.24, 2.45) is 5.92 Å². The average Bonchev–Trinajstić information content (AvgIpc) is 3.16. The van der Waals surface area contributed by atoms with Crippen molar-refractivity contribution in [1.82, 2.24) is 9.97 Å². The molecule has 1 aliphatic heterocycles. The van der Waals surface area contributed by atoms with Crippen molar-refractivity contribution in [2.75, 3.05) is 18.0 Å². The molecule has 0 radical (unpaired) electrons. The molecule has 1 aromatic heterocycles. The molecule has 6 nitrogen and oxygen atoms in total. The Labute approximate surface area is 144 Å². The smallest absolute Gasteiger partial charge is 0.341 e. The Kier molecular flexibility index (Phi) is 5.05. The lowest BCUT2D eigenvalue weighted by molar-refractivity contribution is 0.0857. The molecule has 3 rings (SSSR count). The number of aliphatic hydroxyl groups is 1. The fourth-order valence-corrected chi connectivity index (χ4v) is 3.81. The molecule has 0 amide bonds. The molecule has 1 saturated heterocycles. The van der Waals surface area contributed by atoms with Gasteiger partial charge in [-0.25, -0.2) is 13.4 Å². The van der Waals surface area contributed by atoms with E-state index in [0.29, 0.717) is 18.9 Å². The molecule has 1 aliphatic rings. The predicted molar refractivity (Wildman–Crippen MR) is 88.1 cm³/mol. The van der Waals surface area contributed by atoms with Gasteiger partial charge in [-0.1, -0.05) is 0 Å². The third-order valence-corrected chi connectivity index (χ3v) is 5.95. The number of benzene rings is 1. The number of rotatable bonds is 5. The summed E-state index contributed by atoms with van der Waals surface area (Å²) in [6.07, 6.45) is 4.12. The van der Waals surface area contributed by atoms with Gasteiger partial charge in [0.15, 0.2) is 0 Å².